The Balaban J connectivity index is 2.35. The SMILES string of the molecule is Cn1ccnc1C1=CCCC1. The minimum atomic E-state index is 1.14. The van der Waals surface area contributed by atoms with E-state index in [2.05, 4.69) is 15.6 Å². The van der Waals surface area contributed by atoms with Gasteiger partial charge in [0.1, 0.15) is 5.82 Å². The van der Waals surface area contributed by atoms with Gasteiger partial charge in [-0.1, -0.05) is 6.08 Å². The molecular formula is C9H12N2. The van der Waals surface area contributed by atoms with E-state index in [1.807, 2.05) is 19.4 Å². The van der Waals surface area contributed by atoms with Crippen molar-refractivity contribution < 1.29 is 0 Å². The van der Waals surface area contributed by atoms with Crippen LogP contribution < -0.4 is 0 Å². The maximum Gasteiger partial charge on any atom is 0.135 e. The lowest BCUT2D eigenvalue weighted by Gasteiger charge is -2.00. The van der Waals surface area contributed by atoms with Gasteiger partial charge < -0.3 is 4.57 Å². The Morgan fingerprint density at radius 3 is 3.00 bits per heavy atom. The number of aromatic nitrogens is 2. The van der Waals surface area contributed by atoms with Crippen molar-refractivity contribution in [2.45, 2.75) is 19.3 Å². The van der Waals surface area contributed by atoms with Gasteiger partial charge in [0.2, 0.25) is 0 Å². The van der Waals surface area contributed by atoms with E-state index in [0.29, 0.717) is 0 Å². The molecule has 0 fully saturated rings. The van der Waals surface area contributed by atoms with Crippen molar-refractivity contribution in [1.82, 2.24) is 9.55 Å². The Hall–Kier alpha value is -1.05. The fourth-order valence-electron chi connectivity index (χ4n) is 1.55. The van der Waals surface area contributed by atoms with Gasteiger partial charge in [-0.2, -0.15) is 0 Å². The third kappa shape index (κ3) is 1.09. The van der Waals surface area contributed by atoms with Crippen molar-refractivity contribution in [1.29, 1.82) is 0 Å². The lowest BCUT2D eigenvalue weighted by molar-refractivity contribution is 0.870. The zero-order chi connectivity index (χ0) is 7.68. The minimum absolute atomic E-state index is 1.14. The van der Waals surface area contributed by atoms with Crippen LogP contribution in [0.1, 0.15) is 25.1 Å². The normalized spacial score (nSPS) is 17.0. The summed E-state index contributed by atoms with van der Waals surface area (Å²) in [6.07, 6.45) is 9.86. The largest absolute Gasteiger partial charge is 0.334 e. The molecule has 1 aliphatic rings. The van der Waals surface area contributed by atoms with Crippen LogP contribution >= 0.6 is 0 Å². The smallest absolute Gasteiger partial charge is 0.135 e. The van der Waals surface area contributed by atoms with E-state index < -0.39 is 0 Å². The molecule has 0 spiro atoms. The van der Waals surface area contributed by atoms with Crippen LogP contribution in [0.25, 0.3) is 5.57 Å². The molecule has 2 rings (SSSR count). The summed E-state index contributed by atoms with van der Waals surface area (Å²) >= 11 is 0. The highest BCUT2D eigenvalue weighted by Crippen LogP contribution is 2.25. The van der Waals surface area contributed by atoms with Crippen molar-refractivity contribution in [3.8, 4) is 0 Å². The van der Waals surface area contributed by atoms with Crippen LogP contribution in [0.3, 0.4) is 0 Å². The van der Waals surface area contributed by atoms with E-state index in [1.165, 1.54) is 24.8 Å². The van der Waals surface area contributed by atoms with Crippen LogP contribution in [-0.4, -0.2) is 9.55 Å². The number of aryl methyl sites for hydroxylation is 1. The van der Waals surface area contributed by atoms with Crippen LogP contribution in [0.15, 0.2) is 18.5 Å². The molecule has 0 amide bonds. The highest BCUT2D eigenvalue weighted by molar-refractivity contribution is 5.61. The van der Waals surface area contributed by atoms with Crippen molar-refractivity contribution in [2.24, 2.45) is 7.05 Å². The molecule has 2 nitrogen and oxygen atoms in total. The first-order valence-electron chi connectivity index (χ1n) is 4.04. The van der Waals surface area contributed by atoms with Crippen LogP contribution in [0.4, 0.5) is 0 Å². The summed E-state index contributed by atoms with van der Waals surface area (Å²) in [4.78, 5) is 4.29. The molecule has 58 valence electrons. The number of hydrogen-bond donors (Lipinski definition) is 0. The average Bonchev–Trinajstić information content (AvgIpc) is 2.55. The Morgan fingerprint density at radius 2 is 2.45 bits per heavy atom. The zero-order valence-corrected chi connectivity index (χ0v) is 6.75. The topological polar surface area (TPSA) is 17.8 Å². The number of hydrogen-bond acceptors (Lipinski definition) is 1. The molecule has 0 N–H and O–H groups in total. The molecule has 1 aromatic heterocycles. The molecule has 0 unspecified atom stereocenters. The summed E-state index contributed by atoms with van der Waals surface area (Å²) < 4.78 is 2.08. The molecule has 1 aliphatic carbocycles. The highest BCUT2D eigenvalue weighted by Gasteiger charge is 2.09. The maximum atomic E-state index is 4.29. The van der Waals surface area contributed by atoms with Crippen molar-refractivity contribution >= 4 is 5.57 Å². The van der Waals surface area contributed by atoms with Gasteiger partial charge in [0, 0.05) is 19.4 Å². The van der Waals surface area contributed by atoms with Crippen LogP contribution in [-0.2, 0) is 7.05 Å². The van der Waals surface area contributed by atoms with E-state index in [1.54, 1.807) is 0 Å². The molecule has 0 aromatic carbocycles. The van der Waals surface area contributed by atoms with E-state index in [4.69, 9.17) is 0 Å². The Labute approximate surface area is 66.6 Å². The quantitative estimate of drug-likeness (QED) is 0.595. The maximum absolute atomic E-state index is 4.29. The second kappa shape index (κ2) is 2.53. The summed E-state index contributed by atoms with van der Waals surface area (Å²) in [5, 5.41) is 0. The number of imidazole rings is 1. The minimum Gasteiger partial charge on any atom is -0.334 e. The van der Waals surface area contributed by atoms with Gasteiger partial charge in [-0.05, 0) is 24.8 Å². The Morgan fingerprint density at radius 1 is 1.55 bits per heavy atom. The van der Waals surface area contributed by atoms with Crippen LogP contribution in [0.2, 0.25) is 0 Å². The summed E-state index contributed by atoms with van der Waals surface area (Å²) in [5.74, 6) is 1.14. The van der Waals surface area contributed by atoms with E-state index >= 15 is 0 Å². The van der Waals surface area contributed by atoms with Gasteiger partial charge in [-0.25, -0.2) is 4.98 Å². The molecule has 1 heterocycles. The van der Waals surface area contributed by atoms with Crippen molar-refractivity contribution in [3.05, 3.63) is 24.3 Å². The Bertz CT molecular complexity index is 284. The molecule has 0 radical (unpaired) electrons. The number of allylic oxidation sites excluding steroid dienone is 2. The van der Waals surface area contributed by atoms with Gasteiger partial charge in [0.05, 0.1) is 0 Å². The van der Waals surface area contributed by atoms with Gasteiger partial charge in [-0.3, -0.25) is 0 Å². The zero-order valence-electron chi connectivity index (χ0n) is 6.75. The fraction of sp³-hybridized carbons (Fsp3) is 0.444. The number of rotatable bonds is 1. The molecule has 11 heavy (non-hydrogen) atoms. The third-order valence-electron chi connectivity index (χ3n) is 2.15. The van der Waals surface area contributed by atoms with Crippen molar-refractivity contribution in [3.63, 3.8) is 0 Å². The molecule has 0 bridgehead atoms. The second-order valence-corrected chi connectivity index (χ2v) is 2.98. The Kier molecular flexibility index (Phi) is 1.53. The molecule has 0 saturated carbocycles. The summed E-state index contributed by atoms with van der Waals surface area (Å²) in [6, 6.07) is 0. The first-order valence-corrected chi connectivity index (χ1v) is 4.04. The van der Waals surface area contributed by atoms with Crippen molar-refractivity contribution in [2.75, 3.05) is 0 Å². The monoisotopic (exact) mass is 148 g/mol. The van der Waals surface area contributed by atoms with E-state index in [9.17, 15) is 0 Å². The molecule has 0 saturated heterocycles. The predicted molar refractivity (Wildman–Crippen MR) is 45.0 cm³/mol. The standard InChI is InChI=1S/C9H12N2/c1-11-7-6-10-9(11)8-4-2-3-5-8/h4,6-7H,2-3,5H2,1H3. The summed E-state index contributed by atoms with van der Waals surface area (Å²) in [5.41, 5.74) is 1.41. The van der Waals surface area contributed by atoms with E-state index in [-0.39, 0.29) is 0 Å². The fourth-order valence-corrected chi connectivity index (χ4v) is 1.55. The van der Waals surface area contributed by atoms with Gasteiger partial charge >= 0.3 is 0 Å². The third-order valence-corrected chi connectivity index (χ3v) is 2.15. The van der Waals surface area contributed by atoms with Crippen LogP contribution in [0, 0.1) is 0 Å². The second-order valence-electron chi connectivity index (χ2n) is 2.98. The molecular weight excluding hydrogens is 136 g/mol. The molecule has 1 aromatic rings. The lowest BCUT2D eigenvalue weighted by Crippen LogP contribution is -1.93. The van der Waals surface area contributed by atoms with E-state index in [0.717, 1.165) is 5.82 Å². The van der Waals surface area contributed by atoms with Gasteiger partial charge in [-0.15, -0.1) is 0 Å². The molecule has 0 atom stereocenters. The van der Waals surface area contributed by atoms with Crippen LogP contribution in [0.5, 0.6) is 0 Å². The van der Waals surface area contributed by atoms with Gasteiger partial charge in [0.25, 0.3) is 0 Å². The first-order chi connectivity index (χ1) is 5.38. The van der Waals surface area contributed by atoms with Gasteiger partial charge in [0.15, 0.2) is 0 Å². The summed E-state index contributed by atoms with van der Waals surface area (Å²) in [6.45, 7) is 0. The predicted octanol–water partition coefficient (Wildman–Crippen LogP) is 1.99. The molecule has 2 heteroatoms. The lowest BCUT2D eigenvalue weighted by atomic mass is 10.2. The summed E-state index contributed by atoms with van der Waals surface area (Å²) in [7, 11) is 2.04. The average molecular weight is 148 g/mol. The number of nitrogens with zero attached hydrogens (tertiary/aromatic N) is 2. The highest BCUT2D eigenvalue weighted by atomic mass is 15.0. The molecule has 0 aliphatic heterocycles. The first kappa shape index (κ1) is 6.65.